The van der Waals surface area contributed by atoms with Crippen LogP contribution in [0.25, 0.3) is 0 Å². The van der Waals surface area contributed by atoms with Crippen molar-refractivity contribution in [1.82, 2.24) is 0 Å². The van der Waals surface area contributed by atoms with Gasteiger partial charge < -0.3 is 20.5 Å². The molecule has 2 atom stereocenters. The van der Waals surface area contributed by atoms with E-state index >= 15 is 0 Å². The van der Waals surface area contributed by atoms with Crippen LogP contribution >= 0.6 is 0 Å². The maximum atomic E-state index is 11.1. The van der Waals surface area contributed by atoms with E-state index in [2.05, 4.69) is 5.32 Å². The molecule has 0 bridgehead atoms. The van der Waals surface area contributed by atoms with Gasteiger partial charge >= 0.3 is 0 Å². The molecule has 1 aliphatic heterocycles. The Morgan fingerprint density at radius 2 is 2.05 bits per heavy atom. The monoisotopic (exact) mass is 265 g/mol. The number of nitrogens with one attached hydrogen (secondary N) is 1. The standard InChI is InChI=1S/C12H15N3O4/c13-7-1-2-8(3-7)14-9-4-11-12(19-6-18-11)5-10(9)15(16)17/h4-5,7-8,14H,1-3,6,13H2. The number of rotatable bonds is 3. The first-order chi connectivity index (χ1) is 9.13. The van der Waals surface area contributed by atoms with Crippen LogP contribution in [0.1, 0.15) is 19.3 Å². The Morgan fingerprint density at radius 3 is 2.68 bits per heavy atom. The number of nitrogens with zero attached hydrogens (tertiary/aromatic N) is 1. The summed E-state index contributed by atoms with van der Waals surface area (Å²) in [5.74, 6) is 0.954. The summed E-state index contributed by atoms with van der Waals surface area (Å²) in [6.07, 6.45) is 2.69. The van der Waals surface area contributed by atoms with Crippen molar-refractivity contribution in [1.29, 1.82) is 0 Å². The third-order valence-corrected chi connectivity index (χ3v) is 3.52. The number of hydrogen-bond acceptors (Lipinski definition) is 6. The highest BCUT2D eigenvalue weighted by molar-refractivity contribution is 5.69. The lowest BCUT2D eigenvalue weighted by molar-refractivity contribution is -0.384. The van der Waals surface area contributed by atoms with Crippen molar-refractivity contribution in [2.45, 2.75) is 31.3 Å². The normalized spacial score (nSPS) is 24.5. The van der Waals surface area contributed by atoms with Crippen LogP contribution in [-0.4, -0.2) is 23.8 Å². The average Bonchev–Trinajstić information content (AvgIpc) is 2.96. The predicted molar refractivity (Wildman–Crippen MR) is 68.5 cm³/mol. The van der Waals surface area contributed by atoms with E-state index in [1.54, 1.807) is 6.07 Å². The number of nitrogens with two attached hydrogens (primary N) is 1. The van der Waals surface area contributed by atoms with E-state index in [9.17, 15) is 10.1 Å². The lowest BCUT2D eigenvalue weighted by Gasteiger charge is -2.14. The molecule has 1 fully saturated rings. The van der Waals surface area contributed by atoms with Crippen LogP contribution in [0.2, 0.25) is 0 Å². The second-order valence-corrected chi connectivity index (χ2v) is 4.89. The van der Waals surface area contributed by atoms with Gasteiger partial charge in [-0.1, -0.05) is 0 Å². The highest BCUT2D eigenvalue weighted by atomic mass is 16.7. The minimum Gasteiger partial charge on any atom is -0.454 e. The number of nitro groups is 1. The van der Waals surface area contributed by atoms with Crippen LogP contribution in [0.4, 0.5) is 11.4 Å². The molecule has 2 aliphatic rings. The summed E-state index contributed by atoms with van der Waals surface area (Å²) in [4.78, 5) is 10.7. The molecule has 3 rings (SSSR count). The first-order valence-electron chi connectivity index (χ1n) is 6.23. The van der Waals surface area contributed by atoms with E-state index in [0.29, 0.717) is 17.2 Å². The average molecular weight is 265 g/mol. The summed E-state index contributed by atoms with van der Waals surface area (Å²) >= 11 is 0. The molecule has 1 heterocycles. The zero-order valence-corrected chi connectivity index (χ0v) is 10.3. The second kappa shape index (κ2) is 4.58. The fourth-order valence-corrected chi connectivity index (χ4v) is 2.57. The minimum absolute atomic E-state index is 0.00437. The molecule has 0 aromatic heterocycles. The topological polar surface area (TPSA) is 99.7 Å². The molecule has 1 aromatic carbocycles. The Kier molecular flexibility index (Phi) is 2.90. The van der Waals surface area contributed by atoms with Gasteiger partial charge in [0.05, 0.1) is 11.0 Å². The van der Waals surface area contributed by atoms with E-state index in [1.165, 1.54) is 6.07 Å². The van der Waals surface area contributed by atoms with Crippen LogP contribution in [0.15, 0.2) is 12.1 Å². The highest BCUT2D eigenvalue weighted by Crippen LogP contribution is 2.41. The smallest absolute Gasteiger partial charge is 0.296 e. The third kappa shape index (κ3) is 2.28. The molecule has 0 saturated heterocycles. The SMILES string of the molecule is NC1CCC(Nc2cc3c(cc2[N+](=O)[O-])OCO3)C1. The molecule has 3 N–H and O–H groups in total. The number of anilines is 1. The van der Waals surface area contributed by atoms with Crippen molar-refractivity contribution in [3.05, 3.63) is 22.2 Å². The van der Waals surface area contributed by atoms with Crippen LogP contribution in [0.3, 0.4) is 0 Å². The minimum atomic E-state index is -0.417. The number of ether oxygens (including phenoxy) is 2. The Bertz CT molecular complexity index is 520. The van der Waals surface area contributed by atoms with Gasteiger partial charge in [-0.15, -0.1) is 0 Å². The van der Waals surface area contributed by atoms with Crippen molar-refractivity contribution in [3.8, 4) is 11.5 Å². The van der Waals surface area contributed by atoms with Gasteiger partial charge in [-0.3, -0.25) is 10.1 Å². The maximum absolute atomic E-state index is 11.1. The maximum Gasteiger partial charge on any atom is 0.296 e. The number of nitro benzene ring substituents is 1. The quantitative estimate of drug-likeness (QED) is 0.636. The van der Waals surface area contributed by atoms with Gasteiger partial charge in [0.2, 0.25) is 6.79 Å². The molecule has 7 nitrogen and oxygen atoms in total. The number of fused-ring (bicyclic) bond motifs is 1. The van der Waals surface area contributed by atoms with Crippen LogP contribution < -0.4 is 20.5 Å². The summed E-state index contributed by atoms with van der Waals surface area (Å²) < 4.78 is 10.4. The Hall–Kier alpha value is -2.02. The molecular formula is C12H15N3O4. The van der Waals surface area contributed by atoms with E-state index in [4.69, 9.17) is 15.2 Å². The molecule has 2 unspecified atom stereocenters. The summed E-state index contributed by atoms with van der Waals surface area (Å²) in [6, 6.07) is 3.38. The molecule has 1 aromatic rings. The molecule has 102 valence electrons. The van der Waals surface area contributed by atoms with Gasteiger partial charge in [0.1, 0.15) is 5.69 Å². The van der Waals surface area contributed by atoms with Crippen molar-refractivity contribution < 1.29 is 14.4 Å². The lowest BCUT2D eigenvalue weighted by atomic mass is 10.2. The molecule has 0 amide bonds. The van der Waals surface area contributed by atoms with E-state index in [0.717, 1.165) is 19.3 Å². The first kappa shape index (κ1) is 12.0. The predicted octanol–water partition coefficient (Wildman–Crippen LogP) is 1.62. The van der Waals surface area contributed by atoms with Crippen molar-refractivity contribution in [2.75, 3.05) is 12.1 Å². The molecule has 1 aliphatic carbocycles. The van der Waals surface area contributed by atoms with Crippen LogP contribution in [-0.2, 0) is 0 Å². The first-order valence-corrected chi connectivity index (χ1v) is 6.23. The summed E-state index contributed by atoms with van der Waals surface area (Å²) in [7, 11) is 0. The van der Waals surface area contributed by atoms with E-state index in [-0.39, 0.29) is 24.6 Å². The van der Waals surface area contributed by atoms with Crippen LogP contribution in [0, 0.1) is 10.1 Å². The molecule has 1 saturated carbocycles. The zero-order valence-electron chi connectivity index (χ0n) is 10.3. The lowest BCUT2D eigenvalue weighted by Crippen LogP contribution is -2.21. The van der Waals surface area contributed by atoms with E-state index in [1.807, 2.05) is 0 Å². The zero-order chi connectivity index (χ0) is 13.4. The molecule has 0 spiro atoms. The van der Waals surface area contributed by atoms with Gasteiger partial charge in [-0.25, -0.2) is 0 Å². The van der Waals surface area contributed by atoms with E-state index < -0.39 is 4.92 Å². The third-order valence-electron chi connectivity index (χ3n) is 3.52. The highest BCUT2D eigenvalue weighted by Gasteiger charge is 2.27. The molecule has 7 heteroatoms. The van der Waals surface area contributed by atoms with Gasteiger partial charge in [0.15, 0.2) is 11.5 Å². The number of benzene rings is 1. The largest absolute Gasteiger partial charge is 0.454 e. The molecular weight excluding hydrogens is 250 g/mol. The van der Waals surface area contributed by atoms with Crippen LogP contribution in [0.5, 0.6) is 11.5 Å². The summed E-state index contributed by atoms with van der Waals surface area (Å²) in [5, 5.41) is 14.3. The van der Waals surface area contributed by atoms with Gasteiger partial charge in [0, 0.05) is 18.2 Å². The fourth-order valence-electron chi connectivity index (χ4n) is 2.57. The molecule has 19 heavy (non-hydrogen) atoms. The molecule has 0 radical (unpaired) electrons. The van der Waals surface area contributed by atoms with Gasteiger partial charge in [-0.2, -0.15) is 0 Å². The Morgan fingerprint density at radius 1 is 1.32 bits per heavy atom. The number of hydrogen-bond donors (Lipinski definition) is 2. The summed E-state index contributed by atoms with van der Waals surface area (Å²) in [6.45, 7) is 0.101. The van der Waals surface area contributed by atoms with Crippen molar-refractivity contribution in [3.63, 3.8) is 0 Å². The second-order valence-electron chi connectivity index (χ2n) is 4.89. The Labute approximate surface area is 109 Å². The summed E-state index contributed by atoms with van der Waals surface area (Å²) in [5.41, 5.74) is 6.32. The fraction of sp³-hybridized carbons (Fsp3) is 0.500. The van der Waals surface area contributed by atoms with Gasteiger partial charge in [0.25, 0.3) is 5.69 Å². The Balaban J connectivity index is 1.88. The van der Waals surface area contributed by atoms with Gasteiger partial charge in [-0.05, 0) is 19.3 Å². The van der Waals surface area contributed by atoms with Crippen molar-refractivity contribution >= 4 is 11.4 Å². The van der Waals surface area contributed by atoms with Crippen molar-refractivity contribution in [2.24, 2.45) is 5.73 Å².